The number of hydrogen-bond acceptors (Lipinski definition) is 6. The highest BCUT2D eigenvalue weighted by Crippen LogP contribution is 2.24. The van der Waals surface area contributed by atoms with Crippen molar-refractivity contribution in [2.75, 3.05) is 32.1 Å². The second-order valence-electron chi connectivity index (χ2n) is 5.45. The van der Waals surface area contributed by atoms with Crippen LogP contribution in [0.4, 0.5) is 5.00 Å². The molecule has 2 rings (SSSR count). The Morgan fingerprint density at radius 1 is 1.23 bits per heavy atom. The van der Waals surface area contributed by atoms with Gasteiger partial charge in [-0.3, -0.25) is 4.79 Å². The summed E-state index contributed by atoms with van der Waals surface area (Å²) in [6.07, 6.45) is 5.62. The molecule has 1 fully saturated rings. The zero-order valence-electron chi connectivity index (χ0n) is 13.2. The molecule has 0 saturated carbocycles. The number of nitrogens with one attached hydrogen (secondary N) is 1. The summed E-state index contributed by atoms with van der Waals surface area (Å²) in [6.45, 7) is 3.08. The number of amides is 1. The Balaban J connectivity index is 1.89. The van der Waals surface area contributed by atoms with E-state index in [4.69, 9.17) is 4.74 Å². The third-order valence-corrected chi connectivity index (χ3v) is 4.79. The predicted octanol–water partition coefficient (Wildman–Crippen LogP) is 2.44. The van der Waals surface area contributed by atoms with Crippen LogP contribution in [0.1, 0.15) is 48.2 Å². The fourth-order valence-electron chi connectivity index (χ4n) is 2.57. The summed E-state index contributed by atoms with van der Waals surface area (Å²) in [5.41, 5.74) is 1.05. The van der Waals surface area contributed by atoms with Gasteiger partial charge in [0.2, 0.25) is 0 Å². The Bertz CT molecular complexity index is 522. The first-order valence-electron chi connectivity index (χ1n) is 7.72. The third kappa shape index (κ3) is 4.19. The summed E-state index contributed by atoms with van der Waals surface area (Å²) >= 11 is 1.21. The number of carbonyl (C=O) groups excluding carboxylic acids is 2. The predicted molar refractivity (Wildman–Crippen MR) is 86.3 cm³/mol. The fourth-order valence-corrected chi connectivity index (χ4v) is 3.30. The van der Waals surface area contributed by atoms with Crippen LogP contribution in [-0.4, -0.2) is 47.9 Å². The van der Waals surface area contributed by atoms with E-state index < -0.39 is 5.97 Å². The third-order valence-electron chi connectivity index (χ3n) is 3.83. The van der Waals surface area contributed by atoms with Crippen LogP contribution < -0.4 is 5.32 Å². The van der Waals surface area contributed by atoms with Gasteiger partial charge in [0, 0.05) is 20.1 Å². The lowest BCUT2D eigenvalue weighted by molar-refractivity contribution is -0.134. The van der Waals surface area contributed by atoms with Gasteiger partial charge in [0.25, 0.3) is 5.91 Å². The summed E-state index contributed by atoms with van der Waals surface area (Å²) in [5, 5.41) is 3.59. The zero-order valence-corrected chi connectivity index (χ0v) is 14.0. The average molecular weight is 325 g/mol. The molecule has 0 unspecified atom stereocenters. The lowest BCUT2D eigenvalue weighted by Gasteiger charge is -2.24. The topological polar surface area (TPSA) is 71.5 Å². The highest BCUT2D eigenvalue weighted by atomic mass is 32.1. The molecule has 1 aromatic heterocycles. The van der Waals surface area contributed by atoms with Gasteiger partial charge in [-0.05, 0) is 31.3 Å². The van der Waals surface area contributed by atoms with Crippen LogP contribution in [0.5, 0.6) is 0 Å². The van der Waals surface area contributed by atoms with E-state index in [2.05, 4.69) is 9.69 Å². The van der Waals surface area contributed by atoms with Gasteiger partial charge in [0.1, 0.15) is 10.6 Å². The molecule has 0 aromatic carbocycles. The maximum atomic E-state index is 12.2. The van der Waals surface area contributed by atoms with Crippen LogP contribution in [0, 0.1) is 6.92 Å². The number of nitrogens with zero attached hydrogens (tertiary/aromatic N) is 2. The van der Waals surface area contributed by atoms with Crippen molar-refractivity contribution in [1.82, 2.24) is 9.27 Å². The minimum atomic E-state index is -0.490. The first-order chi connectivity index (χ1) is 10.6. The number of anilines is 1. The average Bonchev–Trinajstić information content (AvgIpc) is 2.85. The van der Waals surface area contributed by atoms with Crippen molar-refractivity contribution in [2.45, 2.75) is 39.0 Å². The van der Waals surface area contributed by atoms with Gasteiger partial charge in [0.15, 0.2) is 6.61 Å². The molecule has 2 heterocycles. The van der Waals surface area contributed by atoms with Crippen molar-refractivity contribution < 1.29 is 14.3 Å². The normalized spacial score (nSPS) is 15.8. The lowest BCUT2D eigenvalue weighted by atomic mass is 10.1. The SMILES string of the molecule is CNc1snc(C)c1C(=O)OCC(=O)N1CCCCCCC1. The molecule has 122 valence electrons. The standard InChI is InChI=1S/C15H23N3O3S/c1-11-13(14(16-2)22-17-11)15(20)21-10-12(19)18-8-6-4-3-5-7-9-18/h16H,3-10H2,1-2H3. The fraction of sp³-hybridized carbons (Fsp3) is 0.667. The number of aromatic nitrogens is 1. The largest absolute Gasteiger partial charge is 0.452 e. The molecule has 1 amide bonds. The molecular weight excluding hydrogens is 302 g/mol. The maximum Gasteiger partial charge on any atom is 0.343 e. The van der Waals surface area contributed by atoms with Gasteiger partial charge >= 0.3 is 5.97 Å². The number of carbonyl (C=O) groups is 2. The maximum absolute atomic E-state index is 12.2. The highest BCUT2D eigenvalue weighted by Gasteiger charge is 2.22. The molecule has 1 aromatic rings. The van der Waals surface area contributed by atoms with E-state index in [1.807, 2.05) is 4.90 Å². The van der Waals surface area contributed by atoms with E-state index in [0.717, 1.165) is 38.8 Å². The van der Waals surface area contributed by atoms with Gasteiger partial charge in [-0.1, -0.05) is 19.3 Å². The van der Waals surface area contributed by atoms with Crippen molar-refractivity contribution in [1.29, 1.82) is 0 Å². The van der Waals surface area contributed by atoms with Crippen molar-refractivity contribution >= 4 is 28.4 Å². The quantitative estimate of drug-likeness (QED) is 0.861. The Hall–Kier alpha value is -1.63. The van der Waals surface area contributed by atoms with Gasteiger partial charge in [-0.15, -0.1) is 0 Å². The van der Waals surface area contributed by atoms with E-state index >= 15 is 0 Å². The summed E-state index contributed by atoms with van der Waals surface area (Å²) in [5.74, 6) is -0.599. The minimum Gasteiger partial charge on any atom is -0.452 e. The summed E-state index contributed by atoms with van der Waals surface area (Å²) in [7, 11) is 1.73. The number of likely N-dealkylation sites (tertiary alicyclic amines) is 1. The monoisotopic (exact) mass is 325 g/mol. The van der Waals surface area contributed by atoms with Crippen LogP contribution >= 0.6 is 11.5 Å². The minimum absolute atomic E-state index is 0.109. The molecule has 1 saturated heterocycles. The Morgan fingerprint density at radius 2 is 1.86 bits per heavy atom. The van der Waals surface area contributed by atoms with Crippen molar-refractivity contribution in [3.63, 3.8) is 0 Å². The second kappa shape index (κ2) is 8.12. The van der Waals surface area contributed by atoms with E-state index in [9.17, 15) is 9.59 Å². The summed E-state index contributed by atoms with van der Waals surface area (Å²) in [6, 6.07) is 0. The zero-order chi connectivity index (χ0) is 15.9. The number of hydrogen-bond donors (Lipinski definition) is 1. The lowest BCUT2D eigenvalue weighted by Crippen LogP contribution is -2.37. The van der Waals surface area contributed by atoms with Crippen LogP contribution in [0.3, 0.4) is 0 Å². The van der Waals surface area contributed by atoms with E-state index in [1.165, 1.54) is 18.0 Å². The van der Waals surface area contributed by atoms with E-state index in [1.54, 1.807) is 14.0 Å². The molecule has 7 heteroatoms. The molecule has 0 aliphatic carbocycles. The summed E-state index contributed by atoms with van der Waals surface area (Å²) in [4.78, 5) is 26.2. The molecule has 0 atom stereocenters. The van der Waals surface area contributed by atoms with Gasteiger partial charge in [-0.25, -0.2) is 4.79 Å². The number of esters is 1. The van der Waals surface area contributed by atoms with Crippen molar-refractivity contribution in [3.8, 4) is 0 Å². The molecule has 0 radical (unpaired) electrons. The molecular formula is C15H23N3O3S. The highest BCUT2D eigenvalue weighted by molar-refractivity contribution is 7.10. The van der Waals surface area contributed by atoms with Crippen molar-refractivity contribution in [3.05, 3.63) is 11.3 Å². The molecule has 1 N–H and O–H groups in total. The van der Waals surface area contributed by atoms with E-state index in [0.29, 0.717) is 16.3 Å². The molecule has 1 aliphatic rings. The molecule has 1 aliphatic heterocycles. The number of ether oxygens (including phenoxy) is 1. The molecule has 22 heavy (non-hydrogen) atoms. The van der Waals surface area contributed by atoms with E-state index in [-0.39, 0.29) is 12.5 Å². The Kier molecular flexibility index (Phi) is 6.18. The second-order valence-corrected chi connectivity index (χ2v) is 6.22. The van der Waals surface area contributed by atoms with Gasteiger partial charge in [-0.2, -0.15) is 4.37 Å². The van der Waals surface area contributed by atoms with Crippen LogP contribution in [0.2, 0.25) is 0 Å². The molecule has 6 nitrogen and oxygen atoms in total. The summed E-state index contributed by atoms with van der Waals surface area (Å²) < 4.78 is 9.32. The number of rotatable bonds is 4. The van der Waals surface area contributed by atoms with Crippen molar-refractivity contribution in [2.24, 2.45) is 0 Å². The van der Waals surface area contributed by atoms with Crippen LogP contribution in [0.15, 0.2) is 0 Å². The van der Waals surface area contributed by atoms with Crippen LogP contribution in [-0.2, 0) is 9.53 Å². The number of aryl methyl sites for hydroxylation is 1. The van der Waals surface area contributed by atoms with Crippen LogP contribution in [0.25, 0.3) is 0 Å². The molecule has 0 bridgehead atoms. The Labute approximate surface area is 135 Å². The molecule has 0 spiro atoms. The smallest absolute Gasteiger partial charge is 0.343 e. The Morgan fingerprint density at radius 3 is 2.50 bits per heavy atom. The first kappa shape index (κ1) is 16.7. The van der Waals surface area contributed by atoms with Gasteiger partial charge < -0.3 is 15.0 Å². The first-order valence-corrected chi connectivity index (χ1v) is 8.49. The van der Waals surface area contributed by atoms with Gasteiger partial charge in [0.05, 0.1) is 5.69 Å².